The number of amides is 1. The molecular weight excluding hydrogens is 314 g/mol. The van der Waals surface area contributed by atoms with Gasteiger partial charge in [0.1, 0.15) is 11.9 Å². The van der Waals surface area contributed by atoms with Gasteiger partial charge in [-0.2, -0.15) is 0 Å². The van der Waals surface area contributed by atoms with Crippen molar-refractivity contribution >= 4 is 5.91 Å². The number of nitrogens with one attached hydrogen (secondary N) is 1. The average molecular weight is 345 g/mol. The molecule has 1 atom stereocenters. The number of hydrogen-bond acceptors (Lipinski definition) is 4. The molecule has 0 spiro atoms. The minimum Gasteiger partial charge on any atom is -0.393 e. The van der Waals surface area contributed by atoms with Gasteiger partial charge in [-0.3, -0.25) is 9.69 Å². The van der Waals surface area contributed by atoms with Crippen LogP contribution in [0, 0.1) is 0 Å². The van der Waals surface area contributed by atoms with Crippen molar-refractivity contribution in [3.8, 4) is 0 Å². The first-order valence-corrected chi connectivity index (χ1v) is 10.1. The second-order valence-corrected chi connectivity index (χ2v) is 8.06. The van der Waals surface area contributed by atoms with Gasteiger partial charge >= 0.3 is 0 Å². The van der Waals surface area contributed by atoms with E-state index >= 15 is 0 Å². The summed E-state index contributed by atoms with van der Waals surface area (Å²) in [7, 11) is 0. The molecule has 25 heavy (non-hydrogen) atoms. The van der Waals surface area contributed by atoms with Gasteiger partial charge in [-0.05, 0) is 63.5 Å². The Kier molecular flexibility index (Phi) is 5.13. The highest BCUT2D eigenvalue weighted by atomic mass is 16.3. The fourth-order valence-corrected chi connectivity index (χ4v) is 4.48. The first-order valence-electron chi connectivity index (χ1n) is 10.1. The molecule has 3 fully saturated rings. The van der Waals surface area contributed by atoms with Crippen molar-refractivity contribution in [2.75, 3.05) is 13.1 Å². The van der Waals surface area contributed by atoms with Crippen LogP contribution in [0.25, 0.3) is 0 Å². The number of aliphatic hydroxyl groups excluding tert-OH is 1. The minimum absolute atomic E-state index is 0.0833. The molecule has 0 aromatic carbocycles. The van der Waals surface area contributed by atoms with Crippen molar-refractivity contribution in [3.05, 3.63) is 23.9 Å². The molecule has 4 rings (SSSR count). The van der Waals surface area contributed by atoms with Crippen LogP contribution in [0.3, 0.4) is 0 Å². The van der Waals surface area contributed by atoms with E-state index in [2.05, 4.69) is 27.3 Å². The van der Waals surface area contributed by atoms with Crippen LogP contribution in [0.5, 0.6) is 0 Å². The normalized spacial score (nSPS) is 33.9. The standard InChI is InChI=1S/C20H31N3O2/c24-17-11-9-16(10-12-17)23-18(20(25)21-15-7-8-15)5-4-6-19(23)22-13-2-1-3-14-22/h4-6,15-17,19,24H,1-3,7-14H2,(H,21,25). The fourth-order valence-electron chi connectivity index (χ4n) is 4.48. The van der Waals surface area contributed by atoms with E-state index in [9.17, 15) is 9.90 Å². The van der Waals surface area contributed by atoms with Crippen LogP contribution < -0.4 is 5.32 Å². The third-order valence-electron chi connectivity index (χ3n) is 6.07. The summed E-state index contributed by atoms with van der Waals surface area (Å²) in [4.78, 5) is 17.8. The number of hydrogen-bond donors (Lipinski definition) is 2. The molecule has 0 aromatic heterocycles. The van der Waals surface area contributed by atoms with E-state index in [1.165, 1.54) is 19.3 Å². The van der Waals surface area contributed by atoms with Crippen molar-refractivity contribution in [1.82, 2.24) is 15.1 Å². The minimum atomic E-state index is -0.169. The van der Waals surface area contributed by atoms with Crippen LogP contribution in [0.2, 0.25) is 0 Å². The van der Waals surface area contributed by atoms with Crippen molar-refractivity contribution in [2.45, 2.75) is 82.1 Å². The molecule has 5 nitrogen and oxygen atoms in total. The Bertz CT molecular complexity index is 541. The summed E-state index contributed by atoms with van der Waals surface area (Å²) < 4.78 is 0. The van der Waals surface area contributed by atoms with Crippen LogP contribution >= 0.6 is 0 Å². The van der Waals surface area contributed by atoms with E-state index in [1.807, 2.05) is 6.08 Å². The molecule has 2 saturated carbocycles. The maximum atomic E-state index is 12.9. The molecule has 2 heterocycles. The highest BCUT2D eigenvalue weighted by Gasteiger charge is 2.37. The van der Waals surface area contributed by atoms with Gasteiger partial charge in [-0.15, -0.1) is 0 Å². The molecule has 2 N–H and O–H groups in total. The molecule has 138 valence electrons. The van der Waals surface area contributed by atoms with Gasteiger partial charge in [0.25, 0.3) is 5.91 Å². The van der Waals surface area contributed by atoms with Crippen molar-refractivity contribution in [1.29, 1.82) is 0 Å². The number of carbonyl (C=O) groups is 1. The van der Waals surface area contributed by atoms with Gasteiger partial charge in [0.15, 0.2) is 0 Å². The van der Waals surface area contributed by atoms with Gasteiger partial charge in [0.05, 0.1) is 6.10 Å². The van der Waals surface area contributed by atoms with Gasteiger partial charge in [0.2, 0.25) is 0 Å². The average Bonchev–Trinajstić information content (AvgIpc) is 3.46. The second-order valence-electron chi connectivity index (χ2n) is 8.06. The fraction of sp³-hybridized carbons (Fsp3) is 0.750. The van der Waals surface area contributed by atoms with E-state index < -0.39 is 0 Å². The van der Waals surface area contributed by atoms with E-state index in [4.69, 9.17) is 0 Å². The third-order valence-corrected chi connectivity index (χ3v) is 6.07. The molecule has 2 aliphatic carbocycles. The highest BCUT2D eigenvalue weighted by Crippen LogP contribution is 2.32. The number of aliphatic hydroxyl groups is 1. The number of piperidine rings is 1. The topological polar surface area (TPSA) is 55.8 Å². The van der Waals surface area contributed by atoms with E-state index in [1.54, 1.807) is 0 Å². The quantitative estimate of drug-likeness (QED) is 0.820. The third kappa shape index (κ3) is 3.93. The van der Waals surface area contributed by atoms with E-state index in [0.717, 1.165) is 57.3 Å². The van der Waals surface area contributed by atoms with Crippen LogP contribution in [0.4, 0.5) is 0 Å². The molecule has 0 aromatic rings. The monoisotopic (exact) mass is 345 g/mol. The first-order chi connectivity index (χ1) is 12.2. The van der Waals surface area contributed by atoms with E-state index in [-0.39, 0.29) is 18.2 Å². The lowest BCUT2D eigenvalue weighted by Crippen LogP contribution is -2.56. The predicted molar refractivity (Wildman–Crippen MR) is 97.7 cm³/mol. The van der Waals surface area contributed by atoms with Crippen molar-refractivity contribution in [3.63, 3.8) is 0 Å². The van der Waals surface area contributed by atoms with Crippen LogP contribution in [0.15, 0.2) is 23.9 Å². The van der Waals surface area contributed by atoms with Crippen LogP contribution in [-0.2, 0) is 4.79 Å². The summed E-state index contributed by atoms with van der Waals surface area (Å²) in [6, 6.07) is 0.722. The Balaban J connectivity index is 1.55. The lowest BCUT2D eigenvalue weighted by molar-refractivity contribution is -0.120. The number of rotatable bonds is 4. The zero-order valence-electron chi connectivity index (χ0n) is 15.1. The molecule has 0 bridgehead atoms. The van der Waals surface area contributed by atoms with Crippen molar-refractivity contribution in [2.24, 2.45) is 0 Å². The number of carbonyl (C=O) groups excluding carboxylic acids is 1. The summed E-state index contributed by atoms with van der Waals surface area (Å²) >= 11 is 0. The van der Waals surface area contributed by atoms with E-state index in [0.29, 0.717) is 12.1 Å². The number of nitrogens with zero attached hydrogens (tertiary/aromatic N) is 2. The first kappa shape index (κ1) is 17.1. The molecule has 1 unspecified atom stereocenters. The molecule has 4 aliphatic rings. The largest absolute Gasteiger partial charge is 0.393 e. The summed E-state index contributed by atoms with van der Waals surface area (Å²) in [5.41, 5.74) is 0.825. The lowest BCUT2D eigenvalue weighted by atomic mass is 9.90. The SMILES string of the molecule is O=C(NC1CC1)C1=CC=CC(N2CCCCC2)N1C1CCC(O)CC1. The lowest BCUT2D eigenvalue weighted by Gasteiger charge is -2.48. The van der Waals surface area contributed by atoms with Crippen molar-refractivity contribution < 1.29 is 9.90 Å². The predicted octanol–water partition coefficient (Wildman–Crippen LogP) is 2.14. The molecule has 1 saturated heterocycles. The zero-order chi connectivity index (χ0) is 17.2. The zero-order valence-corrected chi connectivity index (χ0v) is 15.1. The maximum Gasteiger partial charge on any atom is 0.267 e. The Hall–Kier alpha value is -1.33. The number of likely N-dealkylation sites (tertiary alicyclic amines) is 1. The Morgan fingerprint density at radius 1 is 1.04 bits per heavy atom. The molecule has 0 radical (unpaired) electrons. The van der Waals surface area contributed by atoms with Crippen LogP contribution in [0.1, 0.15) is 57.8 Å². The summed E-state index contributed by atoms with van der Waals surface area (Å²) in [6.07, 6.45) is 16.0. The molecule has 2 aliphatic heterocycles. The van der Waals surface area contributed by atoms with Gasteiger partial charge < -0.3 is 15.3 Å². The molecule has 1 amide bonds. The maximum absolute atomic E-state index is 12.9. The van der Waals surface area contributed by atoms with Gasteiger partial charge in [-0.1, -0.05) is 12.5 Å². The van der Waals surface area contributed by atoms with Gasteiger partial charge in [-0.25, -0.2) is 0 Å². The molecule has 5 heteroatoms. The van der Waals surface area contributed by atoms with Crippen LogP contribution in [-0.4, -0.2) is 58.3 Å². The Labute approximate surface area is 150 Å². The Morgan fingerprint density at radius 3 is 2.44 bits per heavy atom. The second kappa shape index (κ2) is 7.50. The Morgan fingerprint density at radius 2 is 1.76 bits per heavy atom. The summed E-state index contributed by atoms with van der Waals surface area (Å²) in [5.74, 6) is 0.0833. The molecular formula is C20H31N3O2. The highest BCUT2D eigenvalue weighted by molar-refractivity contribution is 5.94. The van der Waals surface area contributed by atoms with Gasteiger partial charge in [0, 0.05) is 25.2 Å². The summed E-state index contributed by atoms with van der Waals surface area (Å²) in [5, 5.41) is 13.1. The summed E-state index contributed by atoms with van der Waals surface area (Å²) in [6.45, 7) is 2.22. The number of allylic oxidation sites excluding steroid dienone is 2. The smallest absolute Gasteiger partial charge is 0.267 e.